The van der Waals surface area contributed by atoms with E-state index in [1.165, 1.54) is 114 Å². The van der Waals surface area contributed by atoms with Crippen molar-refractivity contribution in [2.24, 2.45) is 0 Å². The molecule has 2 N–H and O–H groups in total. The van der Waals surface area contributed by atoms with E-state index in [1.807, 2.05) is 0 Å². The Morgan fingerprint density at radius 2 is 0.763 bits per heavy atom. The number of hydrogen-bond acceptors (Lipinski definition) is 2. The molecular formula is C32H56Cl2N4. The molecule has 4 nitrogen and oxygen atoms in total. The number of hydrogen-bond donors (Lipinski definition) is 2. The molecule has 0 saturated heterocycles. The van der Waals surface area contributed by atoms with Crippen LogP contribution in [0.25, 0.3) is 0 Å². The molecule has 0 saturated carbocycles. The minimum Gasteiger partial charge on any atom is -1.00 e. The van der Waals surface area contributed by atoms with Crippen LogP contribution in [0, 0.1) is 0 Å². The van der Waals surface area contributed by atoms with E-state index in [2.05, 4.69) is 82.7 Å². The zero-order valence-corrected chi connectivity index (χ0v) is 25.9. The molecule has 218 valence electrons. The summed E-state index contributed by atoms with van der Waals surface area (Å²) >= 11 is 0. The number of anilines is 2. The van der Waals surface area contributed by atoms with Gasteiger partial charge in [0.2, 0.25) is 0 Å². The highest BCUT2D eigenvalue weighted by Gasteiger charge is 2.03. The van der Waals surface area contributed by atoms with Crippen LogP contribution in [-0.4, -0.2) is 13.1 Å². The number of halogens is 2. The first-order valence-electron chi connectivity index (χ1n) is 15.3. The van der Waals surface area contributed by atoms with Gasteiger partial charge < -0.3 is 35.4 Å². The van der Waals surface area contributed by atoms with Gasteiger partial charge in [-0.05, 0) is 25.7 Å². The maximum atomic E-state index is 3.54. The molecule has 0 fully saturated rings. The summed E-state index contributed by atoms with van der Waals surface area (Å²) in [7, 11) is 0. The lowest BCUT2D eigenvalue weighted by molar-refractivity contribution is -0.697. The Bertz CT molecular complexity index is 688. The average molecular weight is 568 g/mol. The van der Waals surface area contributed by atoms with Gasteiger partial charge in [0.05, 0.1) is 0 Å². The fourth-order valence-corrected chi connectivity index (χ4v) is 4.67. The van der Waals surface area contributed by atoms with Crippen molar-refractivity contribution in [1.82, 2.24) is 0 Å². The molecule has 0 aliphatic carbocycles. The third-order valence-electron chi connectivity index (χ3n) is 7.08. The van der Waals surface area contributed by atoms with Crippen LogP contribution < -0.4 is 44.6 Å². The number of aryl methyl sites for hydroxylation is 2. The van der Waals surface area contributed by atoms with Crippen molar-refractivity contribution in [1.29, 1.82) is 0 Å². The van der Waals surface area contributed by atoms with Gasteiger partial charge in [-0.1, -0.05) is 78.1 Å². The summed E-state index contributed by atoms with van der Waals surface area (Å²) in [6.07, 6.45) is 30.2. The Labute approximate surface area is 247 Å². The molecule has 0 atom stereocenters. The van der Waals surface area contributed by atoms with Crippen LogP contribution in [0.2, 0.25) is 0 Å². The largest absolute Gasteiger partial charge is 1.00 e. The lowest BCUT2D eigenvalue weighted by Gasteiger charge is -2.05. The first-order chi connectivity index (χ1) is 17.8. The molecule has 2 aromatic rings. The van der Waals surface area contributed by atoms with Crippen molar-refractivity contribution in [2.45, 2.75) is 130 Å². The molecule has 2 rings (SSSR count). The molecule has 0 aliphatic rings. The monoisotopic (exact) mass is 566 g/mol. The van der Waals surface area contributed by atoms with Gasteiger partial charge in [0.15, 0.2) is 24.8 Å². The quantitative estimate of drug-likeness (QED) is 0.159. The maximum Gasteiger partial charge on any atom is 0.170 e. The first kappa shape index (κ1) is 36.5. The van der Waals surface area contributed by atoms with Crippen LogP contribution in [0.5, 0.6) is 0 Å². The second-order valence-corrected chi connectivity index (χ2v) is 10.5. The number of nitrogens with zero attached hydrogens (tertiary/aromatic N) is 2. The van der Waals surface area contributed by atoms with Crippen molar-refractivity contribution in [3.05, 3.63) is 49.1 Å². The second kappa shape index (κ2) is 25.7. The zero-order valence-electron chi connectivity index (χ0n) is 24.4. The highest BCUT2D eigenvalue weighted by atomic mass is 35.5. The van der Waals surface area contributed by atoms with E-state index in [-0.39, 0.29) is 24.8 Å². The average Bonchev–Trinajstić information content (AvgIpc) is 2.91. The van der Waals surface area contributed by atoms with Crippen LogP contribution in [0.4, 0.5) is 11.4 Å². The van der Waals surface area contributed by atoms with Crippen LogP contribution in [0.3, 0.4) is 0 Å². The SMILES string of the molecule is CCCCCCNc1cc[n+](CCCCCCCCCC[n+]2ccc(NCCCCCC)cc2)cc1.[Cl-].[Cl-]. The van der Waals surface area contributed by atoms with E-state index in [4.69, 9.17) is 0 Å². The van der Waals surface area contributed by atoms with Crippen LogP contribution in [0.15, 0.2) is 49.1 Å². The van der Waals surface area contributed by atoms with Gasteiger partial charge >= 0.3 is 0 Å². The second-order valence-electron chi connectivity index (χ2n) is 10.5. The van der Waals surface area contributed by atoms with E-state index in [0.29, 0.717) is 0 Å². The van der Waals surface area contributed by atoms with Gasteiger partial charge in [0.25, 0.3) is 0 Å². The summed E-state index contributed by atoms with van der Waals surface area (Å²) < 4.78 is 4.66. The Balaban J connectivity index is 0.00000684. The fraction of sp³-hybridized carbons (Fsp3) is 0.688. The van der Waals surface area contributed by atoms with Crippen molar-refractivity contribution < 1.29 is 33.9 Å². The highest BCUT2D eigenvalue weighted by molar-refractivity contribution is 5.40. The van der Waals surface area contributed by atoms with Gasteiger partial charge in [-0.25, -0.2) is 9.13 Å². The molecule has 0 aromatic carbocycles. The number of pyridine rings is 2. The Morgan fingerprint density at radius 3 is 1.11 bits per heavy atom. The normalized spacial score (nSPS) is 10.5. The molecule has 0 aliphatic heterocycles. The lowest BCUT2D eigenvalue weighted by atomic mass is 10.1. The molecule has 6 heteroatoms. The molecule has 38 heavy (non-hydrogen) atoms. The van der Waals surface area contributed by atoms with E-state index >= 15 is 0 Å². The summed E-state index contributed by atoms with van der Waals surface area (Å²) in [5, 5.41) is 7.08. The summed E-state index contributed by atoms with van der Waals surface area (Å²) in [5.74, 6) is 0. The van der Waals surface area contributed by atoms with E-state index in [9.17, 15) is 0 Å². The topological polar surface area (TPSA) is 31.8 Å². The van der Waals surface area contributed by atoms with Crippen LogP contribution in [-0.2, 0) is 13.1 Å². The molecule has 0 radical (unpaired) electrons. The molecular weight excluding hydrogens is 511 g/mol. The lowest BCUT2D eigenvalue weighted by Crippen LogP contribution is -3.00. The predicted molar refractivity (Wildman–Crippen MR) is 155 cm³/mol. The highest BCUT2D eigenvalue weighted by Crippen LogP contribution is 2.10. The number of aromatic nitrogens is 2. The summed E-state index contributed by atoms with van der Waals surface area (Å²) in [6.45, 7) is 8.99. The first-order valence-corrected chi connectivity index (χ1v) is 15.3. The van der Waals surface area contributed by atoms with Gasteiger partial charge in [0, 0.05) is 61.6 Å². The minimum absolute atomic E-state index is 0. The molecule has 0 amide bonds. The summed E-state index contributed by atoms with van der Waals surface area (Å²) in [4.78, 5) is 0. The molecule has 2 heterocycles. The minimum atomic E-state index is 0. The van der Waals surface area contributed by atoms with Gasteiger partial charge in [-0.15, -0.1) is 0 Å². The van der Waals surface area contributed by atoms with E-state index in [1.54, 1.807) is 0 Å². The number of unbranched alkanes of at least 4 members (excludes halogenated alkanes) is 13. The van der Waals surface area contributed by atoms with Crippen molar-refractivity contribution >= 4 is 11.4 Å². The Morgan fingerprint density at radius 1 is 0.447 bits per heavy atom. The molecule has 0 bridgehead atoms. The van der Waals surface area contributed by atoms with Crippen LogP contribution >= 0.6 is 0 Å². The van der Waals surface area contributed by atoms with Gasteiger partial charge in [-0.3, -0.25) is 0 Å². The van der Waals surface area contributed by atoms with Crippen LogP contribution in [0.1, 0.15) is 117 Å². The van der Waals surface area contributed by atoms with E-state index in [0.717, 1.165) is 26.2 Å². The van der Waals surface area contributed by atoms with Gasteiger partial charge in [0.1, 0.15) is 13.1 Å². The Hall–Kier alpha value is -1.52. The third kappa shape index (κ3) is 18.7. The van der Waals surface area contributed by atoms with E-state index < -0.39 is 0 Å². The van der Waals surface area contributed by atoms with Crippen molar-refractivity contribution in [3.8, 4) is 0 Å². The van der Waals surface area contributed by atoms with Gasteiger partial charge in [-0.2, -0.15) is 0 Å². The fourth-order valence-electron chi connectivity index (χ4n) is 4.67. The number of rotatable bonds is 23. The smallest absolute Gasteiger partial charge is 0.170 e. The molecule has 2 aromatic heterocycles. The number of nitrogens with one attached hydrogen (secondary N) is 2. The standard InChI is InChI=1S/C32H54N4.2ClH/c1-3-5-7-15-23-33-31-19-27-35(28-20-31)25-17-13-11-9-10-12-14-18-26-36-29-21-32(22-30-36)34-24-16-8-6-4-2;;/h19-22,27-30H,3-18,23-26H2,1-2H3;2*1H. The maximum absolute atomic E-state index is 3.54. The zero-order chi connectivity index (χ0) is 25.5. The molecule has 0 spiro atoms. The Kier molecular flexibility index (Phi) is 24.7. The van der Waals surface area contributed by atoms with Crippen molar-refractivity contribution in [3.63, 3.8) is 0 Å². The summed E-state index contributed by atoms with van der Waals surface area (Å²) in [6, 6.07) is 8.88. The van der Waals surface area contributed by atoms with Crippen molar-refractivity contribution in [2.75, 3.05) is 23.7 Å². The summed E-state index contributed by atoms with van der Waals surface area (Å²) in [5.41, 5.74) is 2.51. The third-order valence-corrected chi connectivity index (χ3v) is 7.08. The predicted octanol–water partition coefficient (Wildman–Crippen LogP) is 2.08. The molecule has 0 unspecified atom stereocenters.